The number of carboxylic acid groups (broad SMARTS) is 1. The van der Waals surface area contributed by atoms with Gasteiger partial charge in [-0.3, -0.25) is 4.79 Å². The molecule has 0 bridgehead atoms. The molecule has 0 saturated carbocycles. The second kappa shape index (κ2) is 7.25. The first-order valence-corrected chi connectivity index (χ1v) is 7.74. The molecule has 0 radical (unpaired) electrons. The van der Waals surface area contributed by atoms with Crippen LogP contribution in [-0.2, 0) is 4.79 Å². The Bertz CT molecular complexity index is 500. The second-order valence-electron chi connectivity index (χ2n) is 3.43. The second-order valence-corrected chi connectivity index (χ2v) is 5.32. The summed E-state index contributed by atoms with van der Waals surface area (Å²) in [4.78, 5) is 23.5. The molecule has 1 N–H and O–H groups in total. The highest BCUT2D eigenvalue weighted by Gasteiger charge is 2.23. The number of thioether (sulfide) groups is 2. The van der Waals surface area contributed by atoms with Crippen LogP contribution in [0.1, 0.15) is 10.4 Å². The average molecular weight is 298 g/mol. The van der Waals surface area contributed by atoms with Crippen molar-refractivity contribution in [2.75, 3.05) is 19.6 Å². The van der Waals surface area contributed by atoms with Crippen LogP contribution in [0.3, 0.4) is 0 Å². The molecule has 0 fully saturated rings. The van der Waals surface area contributed by atoms with E-state index in [1.807, 2.05) is 0 Å². The summed E-state index contributed by atoms with van der Waals surface area (Å²) in [5.74, 6) is -1.08. The summed E-state index contributed by atoms with van der Waals surface area (Å²) in [5.41, 5.74) is 0.143. The van der Waals surface area contributed by atoms with E-state index in [2.05, 4.69) is 0 Å². The third-order valence-corrected chi connectivity index (χ3v) is 4.52. The highest BCUT2D eigenvalue weighted by atomic mass is 32.2. The van der Waals surface area contributed by atoms with E-state index in [1.54, 1.807) is 36.8 Å². The summed E-state index contributed by atoms with van der Waals surface area (Å²) in [6, 6.07) is 6.37. The van der Waals surface area contributed by atoms with Crippen molar-refractivity contribution in [3.63, 3.8) is 0 Å². The first kappa shape index (κ1) is 15.7. The minimum Gasteiger partial charge on any atom is -0.497 e. The number of hydrogen-bond donors (Lipinski definition) is 1. The molecular weight excluding hydrogens is 284 g/mol. The van der Waals surface area contributed by atoms with Gasteiger partial charge in [-0.2, -0.15) is 0 Å². The van der Waals surface area contributed by atoms with Crippen molar-refractivity contribution in [2.45, 2.75) is 0 Å². The Morgan fingerprint density at radius 3 is 2.00 bits per heavy atom. The number of aliphatic carboxylic acids is 1. The number of ketones is 1. The van der Waals surface area contributed by atoms with E-state index in [-0.39, 0.29) is 5.57 Å². The van der Waals surface area contributed by atoms with E-state index in [4.69, 9.17) is 4.74 Å². The fourth-order valence-corrected chi connectivity index (χ4v) is 2.89. The number of ether oxygens (including phenoxy) is 1. The van der Waals surface area contributed by atoms with Gasteiger partial charge in [-0.15, -0.1) is 23.5 Å². The molecule has 1 aromatic rings. The molecule has 0 saturated heterocycles. The van der Waals surface area contributed by atoms with Crippen molar-refractivity contribution in [3.8, 4) is 5.75 Å². The maximum Gasteiger partial charge on any atom is 0.341 e. The largest absolute Gasteiger partial charge is 0.497 e. The van der Waals surface area contributed by atoms with Crippen LogP contribution in [0.15, 0.2) is 34.1 Å². The Morgan fingerprint density at radius 1 is 1.11 bits per heavy atom. The number of Topliss-reactive ketones (excluding diaryl/α,β-unsaturated/α-hetero) is 1. The zero-order valence-electron chi connectivity index (χ0n) is 10.8. The number of benzene rings is 1. The molecule has 0 spiro atoms. The molecule has 0 aliphatic rings. The van der Waals surface area contributed by atoms with Crippen molar-refractivity contribution >= 4 is 35.3 Å². The van der Waals surface area contributed by atoms with Gasteiger partial charge in [-0.25, -0.2) is 4.79 Å². The predicted octanol–water partition coefficient (Wildman–Crippen LogP) is 2.90. The topological polar surface area (TPSA) is 63.6 Å². The molecule has 4 nitrogen and oxygen atoms in total. The number of methoxy groups -OCH3 is 1. The van der Waals surface area contributed by atoms with Crippen molar-refractivity contribution in [1.82, 2.24) is 0 Å². The lowest BCUT2D eigenvalue weighted by Crippen LogP contribution is -2.14. The monoisotopic (exact) mass is 298 g/mol. The quantitative estimate of drug-likeness (QED) is 0.377. The smallest absolute Gasteiger partial charge is 0.341 e. The molecule has 0 aliphatic heterocycles. The molecule has 0 heterocycles. The predicted molar refractivity (Wildman–Crippen MR) is 79.0 cm³/mol. The number of hydrogen-bond acceptors (Lipinski definition) is 5. The van der Waals surface area contributed by atoms with Gasteiger partial charge in [0.1, 0.15) is 11.3 Å². The van der Waals surface area contributed by atoms with E-state index in [0.717, 1.165) is 0 Å². The first-order valence-electron chi connectivity index (χ1n) is 5.29. The SMILES string of the molecule is COc1ccc(C(=O)C(C(=O)O)=C(SC)SC)cc1. The fourth-order valence-electron chi connectivity index (χ4n) is 1.45. The maximum absolute atomic E-state index is 12.2. The van der Waals surface area contributed by atoms with Crippen molar-refractivity contribution in [2.24, 2.45) is 0 Å². The third kappa shape index (κ3) is 3.78. The van der Waals surface area contributed by atoms with Crippen LogP contribution >= 0.6 is 23.5 Å². The van der Waals surface area contributed by atoms with Crippen molar-refractivity contribution < 1.29 is 19.4 Å². The standard InChI is InChI=1S/C13H14O4S2/c1-17-9-6-4-8(5-7-9)11(14)10(12(15)16)13(18-2)19-3/h4-7H,1-3H3,(H,15,16). The fraction of sp³-hybridized carbons (Fsp3) is 0.231. The van der Waals surface area contributed by atoms with Gasteiger partial charge in [0.25, 0.3) is 0 Å². The van der Waals surface area contributed by atoms with Crippen LogP contribution < -0.4 is 4.74 Å². The Labute approximate surface area is 120 Å². The van der Waals surface area contributed by atoms with E-state index in [9.17, 15) is 14.7 Å². The number of carboxylic acids is 1. The summed E-state index contributed by atoms with van der Waals surface area (Å²) in [6.07, 6.45) is 3.49. The Kier molecular flexibility index (Phi) is 5.98. The van der Waals surface area contributed by atoms with Gasteiger partial charge < -0.3 is 9.84 Å². The lowest BCUT2D eigenvalue weighted by Gasteiger charge is -2.07. The van der Waals surface area contributed by atoms with Crippen molar-refractivity contribution in [3.05, 3.63) is 39.6 Å². The summed E-state index contributed by atoms with van der Waals surface area (Å²) in [5, 5.41) is 9.21. The number of rotatable bonds is 6. The van der Waals surface area contributed by atoms with Gasteiger partial charge in [0.15, 0.2) is 0 Å². The van der Waals surface area contributed by atoms with Gasteiger partial charge >= 0.3 is 5.97 Å². The molecule has 0 aromatic heterocycles. The zero-order chi connectivity index (χ0) is 14.4. The van der Waals surface area contributed by atoms with Crippen LogP contribution in [0, 0.1) is 0 Å². The number of carbonyl (C=O) groups is 2. The van der Waals surface area contributed by atoms with Crippen LogP contribution in [-0.4, -0.2) is 36.5 Å². The summed E-state index contributed by atoms with van der Waals surface area (Å²) < 4.78 is 5.49. The van der Waals surface area contributed by atoms with Crippen LogP contribution in [0.5, 0.6) is 5.75 Å². The summed E-state index contributed by atoms with van der Waals surface area (Å²) >= 11 is 2.51. The zero-order valence-corrected chi connectivity index (χ0v) is 12.4. The Morgan fingerprint density at radius 2 is 1.63 bits per heavy atom. The maximum atomic E-state index is 12.2. The van der Waals surface area contributed by atoms with Gasteiger partial charge in [-0.05, 0) is 36.8 Å². The third-order valence-electron chi connectivity index (χ3n) is 2.37. The minimum atomic E-state index is -1.21. The van der Waals surface area contributed by atoms with Crippen LogP contribution in [0.25, 0.3) is 0 Å². The lowest BCUT2D eigenvalue weighted by atomic mass is 10.0. The molecular formula is C13H14O4S2. The van der Waals surface area contributed by atoms with E-state index >= 15 is 0 Å². The molecule has 1 rings (SSSR count). The van der Waals surface area contributed by atoms with Gasteiger partial charge in [0, 0.05) is 5.56 Å². The van der Waals surface area contributed by atoms with Crippen LogP contribution in [0.4, 0.5) is 0 Å². The molecule has 6 heteroatoms. The Hall–Kier alpha value is -1.40. The summed E-state index contributed by atoms with van der Waals surface area (Å²) in [6.45, 7) is 0. The molecule has 0 aliphatic carbocycles. The molecule has 19 heavy (non-hydrogen) atoms. The molecule has 1 aromatic carbocycles. The van der Waals surface area contributed by atoms with Gasteiger partial charge in [-0.1, -0.05) is 0 Å². The minimum absolute atomic E-state index is 0.190. The average Bonchev–Trinajstić information content (AvgIpc) is 2.43. The van der Waals surface area contributed by atoms with E-state index in [1.165, 1.54) is 30.6 Å². The normalized spacial score (nSPS) is 9.84. The lowest BCUT2D eigenvalue weighted by molar-refractivity contribution is -0.132. The summed E-state index contributed by atoms with van der Waals surface area (Å²) in [7, 11) is 1.53. The Balaban J connectivity index is 3.20. The van der Waals surface area contributed by atoms with Gasteiger partial charge in [0.2, 0.25) is 5.78 Å². The molecule has 0 amide bonds. The molecule has 0 unspecified atom stereocenters. The highest BCUT2D eigenvalue weighted by Crippen LogP contribution is 2.29. The van der Waals surface area contributed by atoms with Crippen molar-refractivity contribution in [1.29, 1.82) is 0 Å². The highest BCUT2D eigenvalue weighted by molar-refractivity contribution is 8.21. The van der Waals surface area contributed by atoms with Gasteiger partial charge in [0.05, 0.1) is 11.3 Å². The van der Waals surface area contributed by atoms with E-state index < -0.39 is 11.8 Å². The molecule has 0 atom stereocenters. The van der Waals surface area contributed by atoms with E-state index in [0.29, 0.717) is 15.6 Å². The van der Waals surface area contributed by atoms with Crippen LogP contribution in [0.2, 0.25) is 0 Å². The molecule has 102 valence electrons. The number of carbonyl (C=O) groups excluding carboxylic acids is 1. The first-order chi connectivity index (χ1) is 9.04.